The minimum Gasteiger partial charge on any atom is -0.491 e. The fourth-order valence-electron chi connectivity index (χ4n) is 3.74. The van der Waals surface area contributed by atoms with Crippen LogP contribution in [-0.4, -0.2) is 18.7 Å². The Kier molecular flexibility index (Phi) is 4.02. The van der Waals surface area contributed by atoms with E-state index in [1.54, 1.807) is 0 Å². The molecule has 0 aromatic heterocycles. The van der Waals surface area contributed by atoms with Crippen molar-refractivity contribution in [2.75, 3.05) is 7.11 Å². The van der Waals surface area contributed by atoms with Gasteiger partial charge in [-0.1, -0.05) is 18.9 Å². The highest BCUT2D eigenvalue weighted by Crippen LogP contribution is 2.55. The molecule has 0 unspecified atom stereocenters. The van der Waals surface area contributed by atoms with Crippen LogP contribution in [0.25, 0.3) is 0 Å². The molecule has 1 aliphatic heterocycles. The number of methoxy groups -OCH3 is 1. The molecule has 2 aliphatic rings. The van der Waals surface area contributed by atoms with Crippen molar-refractivity contribution >= 4 is 5.97 Å². The Balaban J connectivity index is 2.43. The van der Waals surface area contributed by atoms with Crippen molar-refractivity contribution in [3.63, 3.8) is 0 Å². The molecule has 3 heteroatoms. The molecule has 0 radical (unpaired) electrons. The average Bonchev–Trinajstić information content (AvgIpc) is 2.57. The summed E-state index contributed by atoms with van der Waals surface area (Å²) < 4.78 is 11.3. The number of ether oxygens (including phenoxy) is 2. The van der Waals surface area contributed by atoms with Gasteiger partial charge in [0.25, 0.3) is 0 Å². The predicted molar refractivity (Wildman–Crippen MR) is 74.5 cm³/mol. The summed E-state index contributed by atoms with van der Waals surface area (Å²) in [6, 6.07) is 0. The highest BCUT2D eigenvalue weighted by Gasteiger charge is 2.60. The van der Waals surface area contributed by atoms with E-state index in [1.807, 2.05) is 19.1 Å². The minimum atomic E-state index is -0.592. The first kappa shape index (κ1) is 14.2. The molecule has 0 saturated heterocycles. The molecule has 106 valence electrons. The van der Waals surface area contributed by atoms with Gasteiger partial charge >= 0.3 is 5.97 Å². The van der Waals surface area contributed by atoms with Crippen LogP contribution in [0.4, 0.5) is 0 Å². The van der Waals surface area contributed by atoms with Gasteiger partial charge in [0, 0.05) is 0 Å². The molecule has 3 nitrogen and oxygen atoms in total. The number of rotatable bonds is 4. The van der Waals surface area contributed by atoms with E-state index in [2.05, 4.69) is 6.58 Å². The van der Waals surface area contributed by atoms with Gasteiger partial charge in [0.15, 0.2) is 0 Å². The minimum absolute atomic E-state index is 0.143. The number of hydrogen-bond acceptors (Lipinski definition) is 3. The molecule has 0 spiro atoms. The van der Waals surface area contributed by atoms with E-state index in [0.29, 0.717) is 0 Å². The number of esters is 1. The maximum atomic E-state index is 12.5. The SMILES string of the molecule is C=CCC[C@@]12CCCCC[C@]1(C(=O)OC)C=C(C)O2. The molecule has 0 bridgehead atoms. The molecule has 1 fully saturated rings. The molecule has 0 aromatic carbocycles. The third-order valence-corrected chi connectivity index (χ3v) is 4.57. The van der Waals surface area contributed by atoms with Crippen molar-refractivity contribution in [1.82, 2.24) is 0 Å². The molecule has 0 N–H and O–H groups in total. The van der Waals surface area contributed by atoms with Gasteiger partial charge < -0.3 is 9.47 Å². The summed E-state index contributed by atoms with van der Waals surface area (Å²) in [6.45, 7) is 5.74. The normalized spacial score (nSPS) is 33.7. The monoisotopic (exact) mass is 264 g/mol. The first-order chi connectivity index (χ1) is 9.10. The lowest BCUT2D eigenvalue weighted by Gasteiger charge is -2.41. The predicted octanol–water partition coefficient (Wildman–Crippen LogP) is 3.75. The zero-order chi connectivity index (χ0) is 13.9. The summed E-state index contributed by atoms with van der Waals surface area (Å²) in [6.07, 6.45) is 10.7. The first-order valence-corrected chi connectivity index (χ1v) is 7.18. The fraction of sp³-hybridized carbons (Fsp3) is 0.688. The molecule has 0 amide bonds. The van der Waals surface area contributed by atoms with E-state index in [9.17, 15) is 4.79 Å². The van der Waals surface area contributed by atoms with Gasteiger partial charge in [0.1, 0.15) is 11.0 Å². The number of fused-ring (bicyclic) bond motifs is 1. The Morgan fingerprint density at radius 2 is 2.21 bits per heavy atom. The van der Waals surface area contributed by atoms with Crippen LogP contribution in [0.3, 0.4) is 0 Å². The van der Waals surface area contributed by atoms with Crippen molar-refractivity contribution in [3.05, 3.63) is 24.5 Å². The lowest BCUT2D eigenvalue weighted by atomic mass is 9.67. The van der Waals surface area contributed by atoms with Crippen molar-refractivity contribution in [3.8, 4) is 0 Å². The number of carbonyl (C=O) groups excluding carboxylic acids is 1. The standard InChI is InChI=1S/C16H24O3/c1-4-5-10-16-11-8-6-7-9-15(16,14(17)18-3)12-13(2)19-16/h4,12H,1,5-11H2,2-3H3/t15-,16-/m1/s1. The van der Waals surface area contributed by atoms with Crippen LogP contribution in [0.15, 0.2) is 24.5 Å². The van der Waals surface area contributed by atoms with Crippen molar-refractivity contribution in [1.29, 1.82) is 0 Å². The quantitative estimate of drug-likeness (QED) is 0.573. The lowest BCUT2D eigenvalue weighted by Crippen LogP contribution is -2.50. The average molecular weight is 264 g/mol. The molecular weight excluding hydrogens is 240 g/mol. The van der Waals surface area contributed by atoms with Gasteiger partial charge in [-0.15, -0.1) is 6.58 Å². The van der Waals surface area contributed by atoms with Gasteiger partial charge in [-0.2, -0.15) is 0 Å². The summed E-state index contributed by atoms with van der Waals surface area (Å²) in [5, 5.41) is 0. The second-order valence-electron chi connectivity index (χ2n) is 5.70. The highest BCUT2D eigenvalue weighted by molar-refractivity contribution is 5.81. The van der Waals surface area contributed by atoms with Gasteiger partial charge in [-0.3, -0.25) is 4.79 Å². The van der Waals surface area contributed by atoms with Crippen LogP contribution in [0, 0.1) is 5.41 Å². The van der Waals surface area contributed by atoms with E-state index in [0.717, 1.165) is 50.7 Å². The molecular formula is C16H24O3. The summed E-state index contributed by atoms with van der Waals surface area (Å²) >= 11 is 0. The Bertz CT molecular complexity index is 399. The van der Waals surface area contributed by atoms with Crippen molar-refractivity contribution < 1.29 is 14.3 Å². The van der Waals surface area contributed by atoms with Gasteiger partial charge in [0.05, 0.1) is 12.9 Å². The smallest absolute Gasteiger partial charge is 0.319 e. The highest BCUT2D eigenvalue weighted by atomic mass is 16.5. The van der Waals surface area contributed by atoms with Crippen molar-refractivity contribution in [2.24, 2.45) is 5.41 Å². The Morgan fingerprint density at radius 3 is 2.89 bits per heavy atom. The van der Waals surface area contributed by atoms with Crippen LogP contribution < -0.4 is 0 Å². The maximum Gasteiger partial charge on any atom is 0.319 e. The Hall–Kier alpha value is -1.25. The Morgan fingerprint density at radius 1 is 1.47 bits per heavy atom. The summed E-state index contributed by atoms with van der Waals surface area (Å²) in [5.74, 6) is 0.715. The van der Waals surface area contributed by atoms with E-state index >= 15 is 0 Å². The van der Waals surface area contributed by atoms with Gasteiger partial charge in [0.2, 0.25) is 0 Å². The third kappa shape index (κ3) is 2.19. The second-order valence-corrected chi connectivity index (χ2v) is 5.70. The zero-order valence-corrected chi connectivity index (χ0v) is 12.0. The Labute approximate surface area is 115 Å². The largest absolute Gasteiger partial charge is 0.491 e. The topological polar surface area (TPSA) is 35.5 Å². The molecule has 2 rings (SSSR count). The van der Waals surface area contributed by atoms with Crippen LogP contribution in [-0.2, 0) is 14.3 Å². The van der Waals surface area contributed by atoms with Crippen LogP contribution in [0.2, 0.25) is 0 Å². The zero-order valence-electron chi connectivity index (χ0n) is 12.0. The molecule has 1 saturated carbocycles. The molecule has 0 aromatic rings. The summed E-state index contributed by atoms with van der Waals surface area (Å²) in [7, 11) is 1.47. The van der Waals surface area contributed by atoms with E-state index in [1.165, 1.54) is 7.11 Å². The van der Waals surface area contributed by atoms with Gasteiger partial charge in [-0.05, 0) is 45.1 Å². The third-order valence-electron chi connectivity index (χ3n) is 4.57. The molecule has 19 heavy (non-hydrogen) atoms. The maximum absolute atomic E-state index is 12.5. The fourth-order valence-corrected chi connectivity index (χ4v) is 3.74. The second kappa shape index (κ2) is 5.40. The van der Waals surface area contributed by atoms with Crippen molar-refractivity contribution in [2.45, 2.75) is 57.5 Å². The van der Waals surface area contributed by atoms with Crippen LogP contribution in [0.5, 0.6) is 0 Å². The number of hydrogen-bond donors (Lipinski definition) is 0. The van der Waals surface area contributed by atoms with Crippen LogP contribution >= 0.6 is 0 Å². The van der Waals surface area contributed by atoms with Gasteiger partial charge in [-0.25, -0.2) is 0 Å². The lowest BCUT2D eigenvalue weighted by molar-refractivity contribution is -0.165. The van der Waals surface area contributed by atoms with E-state index in [-0.39, 0.29) is 5.97 Å². The summed E-state index contributed by atoms with van der Waals surface area (Å²) in [4.78, 5) is 12.5. The molecule has 1 aliphatic carbocycles. The van der Waals surface area contributed by atoms with E-state index < -0.39 is 11.0 Å². The van der Waals surface area contributed by atoms with Crippen LogP contribution in [0.1, 0.15) is 51.9 Å². The number of carbonyl (C=O) groups is 1. The number of allylic oxidation sites excluding steroid dienone is 2. The summed E-state index contributed by atoms with van der Waals surface area (Å²) in [5.41, 5.74) is -1.01. The molecule has 1 heterocycles. The first-order valence-electron chi connectivity index (χ1n) is 7.18. The molecule has 2 atom stereocenters. The van der Waals surface area contributed by atoms with E-state index in [4.69, 9.17) is 9.47 Å².